The molecular weight excluding hydrogens is 196 g/mol. The van der Waals surface area contributed by atoms with Crippen molar-refractivity contribution in [3.05, 3.63) is 28.6 Å². The zero-order chi connectivity index (χ0) is 9.14. The number of halogens is 1. The highest BCUT2D eigenvalue weighted by Crippen LogP contribution is 2.26. The number of ether oxygens (including phenoxy) is 1. The summed E-state index contributed by atoms with van der Waals surface area (Å²) >= 11 is 6.90. The summed E-state index contributed by atoms with van der Waals surface area (Å²) in [7, 11) is 0. The largest absolute Gasteiger partial charge is 0.412 e. The van der Waals surface area contributed by atoms with Crippen LogP contribution in [0.5, 0.6) is 5.06 Å². The van der Waals surface area contributed by atoms with Gasteiger partial charge < -0.3 is 4.74 Å². The fraction of sp³-hybridized carbons (Fsp3) is 0.125. The van der Waals surface area contributed by atoms with E-state index in [4.69, 9.17) is 16.3 Å². The summed E-state index contributed by atoms with van der Waals surface area (Å²) in [6.07, 6.45) is 0. The van der Waals surface area contributed by atoms with E-state index in [0.29, 0.717) is 15.7 Å². The topological polar surface area (TPSA) is 26.3 Å². The molecule has 1 rings (SSSR count). The highest BCUT2D eigenvalue weighted by atomic mass is 35.5. The minimum absolute atomic E-state index is 0.375. The third-order valence-corrected chi connectivity index (χ3v) is 2.24. The monoisotopic (exact) mass is 202 g/mol. The van der Waals surface area contributed by atoms with E-state index in [1.54, 1.807) is 18.4 Å². The maximum absolute atomic E-state index is 11.0. The van der Waals surface area contributed by atoms with Crippen molar-refractivity contribution in [2.75, 3.05) is 0 Å². The van der Waals surface area contributed by atoms with Crippen LogP contribution >= 0.6 is 22.9 Å². The first-order valence-electron chi connectivity index (χ1n) is 3.21. The average molecular weight is 203 g/mol. The van der Waals surface area contributed by atoms with Gasteiger partial charge in [0.05, 0.1) is 5.02 Å². The predicted molar refractivity (Wildman–Crippen MR) is 49.8 cm³/mol. The van der Waals surface area contributed by atoms with Crippen LogP contribution < -0.4 is 4.74 Å². The Hall–Kier alpha value is -0.800. The smallest absolute Gasteiger partial charge is 0.339 e. The van der Waals surface area contributed by atoms with E-state index in [2.05, 4.69) is 6.58 Å². The normalized spacial score (nSPS) is 9.50. The van der Waals surface area contributed by atoms with Gasteiger partial charge in [-0.05, 0) is 6.92 Å². The molecule has 0 aliphatic rings. The number of thiophene rings is 1. The Balaban J connectivity index is 2.64. The Kier molecular flexibility index (Phi) is 2.89. The quantitative estimate of drug-likeness (QED) is 0.545. The van der Waals surface area contributed by atoms with Gasteiger partial charge >= 0.3 is 5.97 Å². The summed E-state index contributed by atoms with van der Waals surface area (Å²) in [4.78, 5) is 11.0. The minimum Gasteiger partial charge on any atom is -0.412 e. The highest BCUT2D eigenvalue weighted by Gasteiger charge is 2.06. The van der Waals surface area contributed by atoms with Crippen LogP contribution in [0.2, 0.25) is 5.02 Å². The standard InChI is InChI=1S/C8H7ClO2S/c1-5(2)8(10)11-7-3-6(9)4-12-7/h3-4H,1H2,2H3. The summed E-state index contributed by atoms with van der Waals surface area (Å²) in [5.41, 5.74) is 0.375. The minimum atomic E-state index is -0.423. The molecule has 0 bridgehead atoms. The van der Waals surface area contributed by atoms with E-state index in [-0.39, 0.29) is 0 Å². The van der Waals surface area contributed by atoms with Crippen molar-refractivity contribution < 1.29 is 9.53 Å². The van der Waals surface area contributed by atoms with Crippen molar-refractivity contribution in [3.8, 4) is 5.06 Å². The Morgan fingerprint density at radius 3 is 2.83 bits per heavy atom. The summed E-state index contributed by atoms with van der Waals surface area (Å²) < 4.78 is 4.89. The molecule has 2 nitrogen and oxygen atoms in total. The maximum atomic E-state index is 11.0. The number of hydrogen-bond donors (Lipinski definition) is 0. The Morgan fingerprint density at radius 2 is 2.42 bits per heavy atom. The van der Waals surface area contributed by atoms with E-state index in [1.165, 1.54) is 11.3 Å². The molecule has 0 N–H and O–H groups in total. The van der Waals surface area contributed by atoms with E-state index >= 15 is 0 Å². The predicted octanol–water partition coefficient (Wildman–Crippen LogP) is 2.88. The number of carbonyl (C=O) groups excluding carboxylic acids is 1. The first kappa shape index (κ1) is 9.29. The lowest BCUT2D eigenvalue weighted by atomic mass is 10.4. The van der Waals surface area contributed by atoms with Crippen molar-refractivity contribution in [3.63, 3.8) is 0 Å². The van der Waals surface area contributed by atoms with Crippen LogP contribution in [-0.2, 0) is 4.79 Å². The van der Waals surface area contributed by atoms with E-state index in [1.807, 2.05) is 0 Å². The molecule has 0 atom stereocenters. The van der Waals surface area contributed by atoms with E-state index in [9.17, 15) is 4.79 Å². The van der Waals surface area contributed by atoms with Crippen LogP contribution in [0.25, 0.3) is 0 Å². The van der Waals surface area contributed by atoms with Gasteiger partial charge in [-0.3, -0.25) is 0 Å². The van der Waals surface area contributed by atoms with Crippen molar-refractivity contribution >= 4 is 28.9 Å². The van der Waals surface area contributed by atoms with Gasteiger partial charge in [0.2, 0.25) is 0 Å². The lowest BCUT2D eigenvalue weighted by Crippen LogP contribution is -2.06. The number of rotatable bonds is 2. The molecule has 1 aromatic rings. The van der Waals surface area contributed by atoms with Crippen molar-refractivity contribution in [2.45, 2.75) is 6.92 Å². The molecule has 0 spiro atoms. The molecule has 1 aromatic heterocycles. The molecule has 12 heavy (non-hydrogen) atoms. The zero-order valence-electron chi connectivity index (χ0n) is 6.46. The van der Waals surface area contributed by atoms with Gasteiger partial charge in [0.25, 0.3) is 0 Å². The van der Waals surface area contributed by atoms with E-state index < -0.39 is 5.97 Å². The van der Waals surface area contributed by atoms with E-state index in [0.717, 1.165) is 0 Å². The van der Waals surface area contributed by atoms with Crippen molar-refractivity contribution in [2.24, 2.45) is 0 Å². The van der Waals surface area contributed by atoms with Crippen LogP contribution in [0.3, 0.4) is 0 Å². The van der Waals surface area contributed by atoms with Gasteiger partial charge in [-0.15, -0.1) is 11.3 Å². The Labute approximate surface area is 79.4 Å². The molecule has 0 aliphatic carbocycles. The molecule has 0 aliphatic heterocycles. The van der Waals surface area contributed by atoms with Gasteiger partial charge in [-0.2, -0.15) is 0 Å². The lowest BCUT2D eigenvalue weighted by Gasteiger charge is -1.97. The lowest BCUT2D eigenvalue weighted by molar-refractivity contribution is -0.129. The molecule has 0 aromatic carbocycles. The van der Waals surface area contributed by atoms with Crippen LogP contribution in [0.4, 0.5) is 0 Å². The van der Waals surface area contributed by atoms with Crippen LogP contribution in [0, 0.1) is 0 Å². The summed E-state index contributed by atoms with van der Waals surface area (Å²) in [6, 6.07) is 1.59. The average Bonchev–Trinajstić information content (AvgIpc) is 2.35. The molecule has 4 heteroatoms. The molecule has 0 radical (unpaired) electrons. The van der Waals surface area contributed by atoms with Crippen LogP contribution in [0.1, 0.15) is 6.92 Å². The highest BCUT2D eigenvalue weighted by molar-refractivity contribution is 7.12. The van der Waals surface area contributed by atoms with Crippen molar-refractivity contribution in [1.29, 1.82) is 0 Å². The van der Waals surface area contributed by atoms with Crippen LogP contribution in [0.15, 0.2) is 23.6 Å². The Morgan fingerprint density at radius 1 is 1.75 bits per heavy atom. The third kappa shape index (κ3) is 2.36. The molecule has 0 amide bonds. The van der Waals surface area contributed by atoms with Gasteiger partial charge in [0.15, 0.2) is 5.06 Å². The first-order valence-corrected chi connectivity index (χ1v) is 4.47. The first-order chi connectivity index (χ1) is 5.59. The van der Waals surface area contributed by atoms with Gasteiger partial charge in [0, 0.05) is 17.0 Å². The fourth-order valence-electron chi connectivity index (χ4n) is 0.527. The SMILES string of the molecule is C=C(C)C(=O)Oc1cc(Cl)cs1. The van der Waals surface area contributed by atoms with Gasteiger partial charge in [-0.25, -0.2) is 4.79 Å². The summed E-state index contributed by atoms with van der Waals surface area (Å²) in [6.45, 7) is 5.05. The molecule has 1 heterocycles. The van der Waals surface area contributed by atoms with Crippen LogP contribution in [-0.4, -0.2) is 5.97 Å². The summed E-state index contributed by atoms with van der Waals surface area (Å²) in [5.74, 6) is -0.423. The molecule has 0 fully saturated rings. The van der Waals surface area contributed by atoms with Gasteiger partial charge in [-0.1, -0.05) is 18.2 Å². The number of carbonyl (C=O) groups is 1. The second-order valence-corrected chi connectivity index (χ2v) is 3.56. The molecule has 0 unspecified atom stereocenters. The van der Waals surface area contributed by atoms with Crippen molar-refractivity contribution in [1.82, 2.24) is 0 Å². The summed E-state index contributed by atoms with van der Waals surface area (Å²) in [5, 5.41) is 2.76. The second kappa shape index (κ2) is 3.74. The Bertz CT molecular complexity index is 317. The zero-order valence-corrected chi connectivity index (χ0v) is 8.04. The number of hydrogen-bond acceptors (Lipinski definition) is 3. The molecule has 64 valence electrons. The molecule has 0 saturated carbocycles. The fourth-order valence-corrected chi connectivity index (χ4v) is 1.44. The molecule has 0 saturated heterocycles. The third-order valence-electron chi connectivity index (χ3n) is 1.09. The maximum Gasteiger partial charge on any atom is 0.339 e. The van der Waals surface area contributed by atoms with Gasteiger partial charge in [0.1, 0.15) is 0 Å². The number of esters is 1. The second-order valence-electron chi connectivity index (χ2n) is 2.25. The molecular formula is C8H7ClO2S.